The van der Waals surface area contributed by atoms with E-state index in [4.69, 9.17) is 4.74 Å². The summed E-state index contributed by atoms with van der Waals surface area (Å²) in [4.78, 5) is 31.1. The summed E-state index contributed by atoms with van der Waals surface area (Å²) in [5.41, 5.74) is 1.76. The number of aromatic nitrogens is 1. The van der Waals surface area contributed by atoms with E-state index in [1.165, 1.54) is 10.9 Å². The molecule has 2 amide bonds. The number of carbonyl (C=O) groups is 2. The number of aryl methyl sites for hydroxylation is 1. The normalized spacial score (nSPS) is 23.5. The van der Waals surface area contributed by atoms with Crippen LogP contribution >= 0.6 is 0 Å². The fourth-order valence-corrected chi connectivity index (χ4v) is 4.05. The lowest BCUT2D eigenvalue weighted by atomic mass is 9.92. The van der Waals surface area contributed by atoms with Crippen LogP contribution in [0.2, 0.25) is 0 Å². The van der Waals surface area contributed by atoms with Crippen LogP contribution in [0, 0.1) is 0 Å². The zero-order valence-electron chi connectivity index (χ0n) is 14.5. The third-order valence-electron chi connectivity index (χ3n) is 5.32. The zero-order valence-corrected chi connectivity index (χ0v) is 14.5. The lowest BCUT2D eigenvalue weighted by Gasteiger charge is -2.38. The summed E-state index contributed by atoms with van der Waals surface area (Å²) in [7, 11) is 1.74. The number of H-pyrrole nitrogens is 1. The summed E-state index contributed by atoms with van der Waals surface area (Å²) in [5, 5.41) is 1.18. The Balaban J connectivity index is 1.40. The molecule has 2 aromatic rings. The fourth-order valence-electron chi connectivity index (χ4n) is 4.05. The molecule has 25 heavy (non-hydrogen) atoms. The lowest BCUT2D eigenvalue weighted by Crippen LogP contribution is -2.52. The SMILES string of the molecule is CN1C[C@@]2(CCCN(C(=O)CCc3c[nH]c4ccccc34)C2)OC1=O. The maximum absolute atomic E-state index is 12.7. The first-order valence-corrected chi connectivity index (χ1v) is 8.83. The molecule has 4 rings (SSSR count). The van der Waals surface area contributed by atoms with Crippen molar-refractivity contribution in [1.82, 2.24) is 14.8 Å². The van der Waals surface area contributed by atoms with Crippen molar-refractivity contribution in [3.05, 3.63) is 36.0 Å². The summed E-state index contributed by atoms with van der Waals surface area (Å²) < 4.78 is 5.58. The molecule has 2 fully saturated rings. The summed E-state index contributed by atoms with van der Waals surface area (Å²) in [6.45, 7) is 1.82. The zero-order chi connectivity index (χ0) is 17.4. The number of fused-ring (bicyclic) bond motifs is 1. The van der Waals surface area contributed by atoms with Crippen LogP contribution in [-0.2, 0) is 16.0 Å². The van der Waals surface area contributed by atoms with Crippen LogP contribution in [0.25, 0.3) is 10.9 Å². The van der Waals surface area contributed by atoms with E-state index in [1.54, 1.807) is 11.9 Å². The Hall–Kier alpha value is -2.50. The summed E-state index contributed by atoms with van der Waals surface area (Å²) >= 11 is 0. The van der Waals surface area contributed by atoms with Gasteiger partial charge in [-0.25, -0.2) is 4.79 Å². The third kappa shape index (κ3) is 2.97. The molecule has 3 heterocycles. The van der Waals surface area contributed by atoms with Crippen molar-refractivity contribution in [1.29, 1.82) is 0 Å². The Labute approximate surface area is 146 Å². The molecular formula is C19H23N3O3. The summed E-state index contributed by atoms with van der Waals surface area (Å²) in [5.74, 6) is 0.134. The van der Waals surface area contributed by atoms with Gasteiger partial charge in [0.05, 0.1) is 13.1 Å². The second-order valence-corrected chi connectivity index (χ2v) is 7.19. The molecule has 6 heteroatoms. The van der Waals surface area contributed by atoms with Gasteiger partial charge in [0.2, 0.25) is 5.91 Å². The van der Waals surface area contributed by atoms with Crippen LogP contribution < -0.4 is 0 Å². The van der Waals surface area contributed by atoms with Gasteiger partial charge in [0.15, 0.2) is 0 Å². The van der Waals surface area contributed by atoms with Gasteiger partial charge in [-0.1, -0.05) is 18.2 Å². The largest absolute Gasteiger partial charge is 0.439 e. The van der Waals surface area contributed by atoms with Gasteiger partial charge < -0.3 is 19.5 Å². The predicted octanol–water partition coefficient (Wildman–Crippen LogP) is 2.54. The maximum Gasteiger partial charge on any atom is 0.410 e. The van der Waals surface area contributed by atoms with Gasteiger partial charge in [-0.15, -0.1) is 0 Å². The number of nitrogens with zero attached hydrogens (tertiary/aromatic N) is 2. The number of carbonyl (C=O) groups excluding carboxylic acids is 2. The summed E-state index contributed by atoms with van der Waals surface area (Å²) in [6.07, 6.45) is 4.60. The Morgan fingerprint density at radius 1 is 1.32 bits per heavy atom. The Bertz CT molecular complexity index is 815. The first-order valence-electron chi connectivity index (χ1n) is 8.83. The average Bonchev–Trinajstić information content (AvgIpc) is 3.14. The van der Waals surface area contributed by atoms with Crippen molar-refractivity contribution in [3.8, 4) is 0 Å². The molecule has 2 aliphatic rings. The standard InChI is InChI=1S/C19H23N3O3/c1-21-12-19(25-18(21)24)9-4-10-22(13-19)17(23)8-7-14-11-20-16-6-3-2-5-15(14)16/h2-3,5-6,11,20H,4,7-10,12-13H2,1H3/t19-/m1/s1. The van der Waals surface area contributed by atoms with Gasteiger partial charge in [0.1, 0.15) is 5.60 Å². The first-order chi connectivity index (χ1) is 12.1. The van der Waals surface area contributed by atoms with E-state index in [2.05, 4.69) is 11.1 Å². The number of rotatable bonds is 3. The molecule has 1 spiro atoms. The van der Waals surface area contributed by atoms with Gasteiger partial charge in [-0.2, -0.15) is 0 Å². The quantitative estimate of drug-likeness (QED) is 0.933. The molecular weight excluding hydrogens is 318 g/mol. The molecule has 6 nitrogen and oxygen atoms in total. The fraction of sp³-hybridized carbons (Fsp3) is 0.474. The number of piperidine rings is 1. The van der Waals surface area contributed by atoms with Crippen LogP contribution in [0.5, 0.6) is 0 Å². The van der Waals surface area contributed by atoms with Crippen molar-refractivity contribution in [2.75, 3.05) is 26.7 Å². The summed E-state index contributed by atoms with van der Waals surface area (Å²) in [6, 6.07) is 8.14. The predicted molar refractivity (Wildman–Crippen MR) is 94.3 cm³/mol. The molecule has 0 radical (unpaired) electrons. The minimum absolute atomic E-state index is 0.134. The molecule has 1 N–H and O–H groups in total. The van der Waals surface area contributed by atoms with Gasteiger partial charge in [0, 0.05) is 37.1 Å². The van der Waals surface area contributed by atoms with E-state index in [1.807, 2.05) is 29.3 Å². The van der Waals surface area contributed by atoms with E-state index in [0.717, 1.165) is 24.9 Å². The molecule has 2 aliphatic heterocycles. The lowest BCUT2D eigenvalue weighted by molar-refractivity contribution is -0.136. The van der Waals surface area contributed by atoms with Crippen LogP contribution in [0.1, 0.15) is 24.8 Å². The second kappa shape index (κ2) is 6.10. The van der Waals surface area contributed by atoms with E-state index in [-0.39, 0.29) is 12.0 Å². The number of benzene rings is 1. The van der Waals surface area contributed by atoms with Crippen LogP contribution in [0.3, 0.4) is 0 Å². The van der Waals surface area contributed by atoms with Crippen molar-refractivity contribution in [2.45, 2.75) is 31.3 Å². The molecule has 1 atom stereocenters. The van der Waals surface area contributed by atoms with E-state index in [9.17, 15) is 9.59 Å². The van der Waals surface area contributed by atoms with Gasteiger partial charge in [-0.3, -0.25) is 4.79 Å². The third-order valence-corrected chi connectivity index (χ3v) is 5.32. The topological polar surface area (TPSA) is 65.6 Å². The van der Waals surface area contributed by atoms with E-state index in [0.29, 0.717) is 25.9 Å². The molecule has 0 bridgehead atoms. The Morgan fingerprint density at radius 2 is 2.16 bits per heavy atom. The number of likely N-dealkylation sites (tertiary alicyclic amines) is 1. The number of nitrogens with one attached hydrogen (secondary N) is 1. The monoisotopic (exact) mass is 341 g/mol. The number of ether oxygens (including phenoxy) is 1. The highest BCUT2D eigenvalue weighted by Gasteiger charge is 2.47. The van der Waals surface area contributed by atoms with E-state index >= 15 is 0 Å². The van der Waals surface area contributed by atoms with Gasteiger partial charge >= 0.3 is 6.09 Å². The van der Waals surface area contributed by atoms with Crippen LogP contribution in [0.4, 0.5) is 4.79 Å². The Kier molecular flexibility index (Phi) is 3.90. The van der Waals surface area contributed by atoms with Crippen molar-refractivity contribution < 1.29 is 14.3 Å². The molecule has 1 aromatic carbocycles. The molecule has 0 aliphatic carbocycles. The number of likely N-dealkylation sites (N-methyl/N-ethyl adjacent to an activating group) is 1. The number of para-hydroxylation sites is 1. The number of aromatic amines is 1. The van der Waals surface area contributed by atoms with Crippen LogP contribution in [0.15, 0.2) is 30.5 Å². The molecule has 132 valence electrons. The van der Waals surface area contributed by atoms with Crippen molar-refractivity contribution in [2.24, 2.45) is 0 Å². The van der Waals surface area contributed by atoms with Crippen molar-refractivity contribution >= 4 is 22.9 Å². The van der Waals surface area contributed by atoms with Crippen LogP contribution in [-0.4, -0.2) is 59.1 Å². The molecule has 0 unspecified atom stereocenters. The molecule has 1 aromatic heterocycles. The highest BCUT2D eigenvalue weighted by atomic mass is 16.6. The first kappa shape index (κ1) is 16.0. The Morgan fingerprint density at radius 3 is 2.96 bits per heavy atom. The molecule has 0 saturated carbocycles. The highest BCUT2D eigenvalue weighted by Crippen LogP contribution is 2.31. The number of hydrogen-bond acceptors (Lipinski definition) is 3. The van der Waals surface area contributed by atoms with Crippen molar-refractivity contribution in [3.63, 3.8) is 0 Å². The van der Waals surface area contributed by atoms with E-state index < -0.39 is 5.60 Å². The molecule has 2 saturated heterocycles. The minimum atomic E-state index is -0.513. The average molecular weight is 341 g/mol. The smallest absolute Gasteiger partial charge is 0.410 e. The highest BCUT2D eigenvalue weighted by molar-refractivity contribution is 5.84. The minimum Gasteiger partial charge on any atom is -0.439 e. The maximum atomic E-state index is 12.7. The number of hydrogen-bond donors (Lipinski definition) is 1. The number of amides is 2. The van der Waals surface area contributed by atoms with Gasteiger partial charge in [0.25, 0.3) is 0 Å². The second-order valence-electron chi connectivity index (χ2n) is 7.19. The van der Waals surface area contributed by atoms with Gasteiger partial charge in [-0.05, 0) is 30.9 Å².